The second-order valence-corrected chi connectivity index (χ2v) is 5.76. The molecule has 5 heteroatoms. The SMILES string of the molecule is NC(CCC(=O)O)c1ccc(SC2COC2)cc1. The van der Waals surface area contributed by atoms with Gasteiger partial charge in [-0.05, 0) is 24.1 Å². The van der Waals surface area contributed by atoms with Gasteiger partial charge in [-0.1, -0.05) is 12.1 Å². The number of benzene rings is 1. The predicted molar refractivity (Wildman–Crippen MR) is 70.7 cm³/mol. The summed E-state index contributed by atoms with van der Waals surface area (Å²) in [5, 5.41) is 9.18. The van der Waals surface area contributed by atoms with Crippen LogP contribution in [0, 0.1) is 0 Å². The topological polar surface area (TPSA) is 72.6 Å². The standard InChI is InChI=1S/C13H17NO3S/c14-12(5-6-13(15)16)9-1-3-10(4-2-9)18-11-7-17-8-11/h1-4,11-12H,5-8,14H2,(H,15,16). The molecule has 1 heterocycles. The van der Waals surface area contributed by atoms with Crippen LogP contribution >= 0.6 is 11.8 Å². The summed E-state index contributed by atoms with van der Waals surface area (Å²) in [6.45, 7) is 1.65. The van der Waals surface area contributed by atoms with Crippen molar-refractivity contribution in [2.24, 2.45) is 5.73 Å². The molecule has 0 bridgehead atoms. The normalized spacial score (nSPS) is 17.2. The monoisotopic (exact) mass is 267 g/mol. The van der Waals surface area contributed by atoms with Crippen molar-refractivity contribution in [2.45, 2.75) is 29.0 Å². The minimum atomic E-state index is -0.803. The number of aliphatic carboxylic acids is 1. The van der Waals surface area contributed by atoms with Crippen molar-refractivity contribution in [1.82, 2.24) is 0 Å². The zero-order valence-corrected chi connectivity index (χ0v) is 10.9. The second kappa shape index (κ2) is 6.22. The molecule has 2 rings (SSSR count). The van der Waals surface area contributed by atoms with E-state index in [2.05, 4.69) is 0 Å². The maximum absolute atomic E-state index is 10.5. The predicted octanol–water partition coefficient (Wildman–Crippen LogP) is 2.04. The smallest absolute Gasteiger partial charge is 0.303 e. The summed E-state index contributed by atoms with van der Waals surface area (Å²) in [5.41, 5.74) is 6.93. The maximum Gasteiger partial charge on any atom is 0.303 e. The third kappa shape index (κ3) is 3.73. The fourth-order valence-corrected chi connectivity index (χ4v) is 2.72. The van der Waals surface area contributed by atoms with Gasteiger partial charge in [0.05, 0.1) is 18.5 Å². The first-order valence-corrected chi connectivity index (χ1v) is 6.85. The van der Waals surface area contributed by atoms with E-state index in [1.807, 2.05) is 36.0 Å². The zero-order valence-electron chi connectivity index (χ0n) is 10.0. The van der Waals surface area contributed by atoms with E-state index in [4.69, 9.17) is 15.6 Å². The first kappa shape index (κ1) is 13.4. The highest BCUT2D eigenvalue weighted by Gasteiger charge is 2.19. The van der Waals surface area contributed by atoms with E-state index in [-0.39, 0.29) is 12.5 Å². The molecule has 98 valence electrons. The number of hydrogen-bond acceptors (Lipinski definition) is 4. The van der Waals surface area contributed by atoms with Crippen LogP contribution in [0.4, 0.5) is 0 Å². The number of ether oxygens (including phenoxy) is 1. The van der Waals surface area contributed by atoms with Crippen molar-refractivity contribution < 1.29 is 14.6 Å². The summed E-state index contributed by atoms with van der Waals surface area (Å²) >= 11 is 1.81. The van der Waals surface area contributed by atoms with E-state index in [0.29, 0.717) is 11.7 Å². The summed E-state index contributed by atoms with van der Waals surface area (Å²) in [6, 6.07) is 7.84. The molecule has 0 aliphatic carbocycles. The molecule has 3 N–H and O–H groups in total. The number of hydrogen-bond donors (Lipinski definition) is 2. The van der Waals surface area contributed by atoms with Crippen LogP contribution in [-0.4, -0.2) is 29.5 Å². The highest BCUT2D eigenvalue weighted by Crippen LogP contribution is 2.29. The molecule has 0 aromatic heterocycles. The molecule has 1 aromatic rings. The fraction of sp³-hybridized carbons (Fsp3) is 0.462. The Labute approximate surface area is 111 Å². The Balaban J connectivity index is 1.87. The van der Waals surface area contributed by atoms with Gasteiger partial charge in [-0.3, -0.25) is 4.79 Å². The molecule has 0 saturated carbocycles. The second-order valence-electron chi connectivity index (χ2n) is 4.39. The van der Waals surface area contributed by atoms with E-state index in [1.165, 1.54) is 4.90 Å². The third-order valence-electron chi connectivity index (χ3n) is 2.89. The lowest BCUT2D eigenvalue weighted by atomic mass is 10.0. The van der Waals surface area contributed by atoms with Crippen LogP contribution < -0.4 is 5.73 Å². The molecule has 0 amide bonds. The molecular weight excluding hydrogens is 250 g/mol. The number of carboxylic acid groups (broad SMARTS) is 1. The Morgan fingerprint density at radius 3 is 2.61 bits per heavy atom. The average molecular weight is 267 g/mol. The van der Waals surface area contributed by atoms with Crippen LogP contribution in [0.15, 0.2) is 29.2 Å². The Kier molecular flexibility index (Phi) is 4.63. The van der Waals surface area contributed by atoms with Gasteiger partial charge < -0.3 is 15.6 Å². The van der Waals surface area contributed by atoms with Crippen LogP contribution in [0.5, 0.6) is 0 Å². The molecule has 1 aromatic carbocycles. The lowest BCUT2D eigenvalue weighted by Gasteiger charge is -2.25. The number of rotatable bonds is 6. The minimum Gasteiger partial charge on any atom is -0.481 e. The van der Waals surface area contributed by atoms with E-state index >= 15 is 0 Å². The highest BCUT2D eigenvalue weighted by molar-refractivity contribution is 8.00. The number of carbonyl (C=O) groups is 1. The molecule has 1 aliphatic heterocycles. The number of nitrogens with two attached hydrogens (primary N) is 1. The van der Waals surface area contributed by atoms with Crippen molar-refractivity contribution in [3.63, 3.8) is 0 Å². The Bertz CT molecular complexity index is 403. The van der Waals surface area contributed by atoms with Gasteiger partial charge in [0, 0.05) is 17.4 Å². The molecule has 0 spiro atoms. The van der Waals surface area contributed by atoms with Gasteiger partial charge in [0.25, 0.3) is 0 Å². The maximum atomic E-state index is 10.5. The van der Waals surface area contributed by atoms with Crippen LogP contribution in [0.3, 0.4) is 0 Å². The molecule has 4 nitrogen and oxygen atoms in total. The fourth-order valence-electron chi connectivity index (χ4n) is 1.71. The van der Waals surface area contributed by atoms with E-state index in [0.717, 1.165) is 18.8 Å². The van der Waals surface area contributed by atoms with Crippen molar-refractivity contribution in [1.29, 1.82) is 0 Å². The Morgan fingerprint density at radius 1 is 1.44 bits per heavy atom. The largest absolute Gasteiger partial charge is 0.481 e. The highest BCUT2D eigenvalue weighted by atomic mass is 32.2. The van der Waals surface area contributed by atoms with Gasteiger partial charge >= 0.3 is 5.97 Å². The summed E-state index contributed by atoms with van der Waals surface area (Å²) in [6.07, 6.45) is 0.579. The van der Waals surface area contributed by atoms with Crippen LogP contribution in [0.25, 0.3) is 0 Å². The van der Waals surface area contributed by atoms with Crippen molar-refractivity contribution in [3.8, 4) is 0 Å². The van der Waals surface area contributed by atoms with Gasteiger partial charge in [-0.15, -0.1) is 11.8 Å². The van der Waals surface area contributed by atoms with Crippen molar-refractivity contribution in [2.75, 3.05) is 13.2 Å². The minimum absolute atomic E-state index is 0.108. The molecule has 0 radical (unpaired) electrons. The molecule has 1 atom stereocenters. The molecule has 1 aliphatic rings. The van der Waals surface area contributed by atoms with Crippen LogP contribution in [0.1, 0.15) is 24.4 Å². The van der Waals surface area contributed by atoms with Gasteiger partial charge in [0.1, 0.15) is 0 Å². The quantitative estimate of drug-likeness (QED) is 0.825. The third-order valence-corrected chi connectivity index (χ3v) is 4.04. The Morgan fingerprint density at radius 2 is 2.11 bits per heavy atom. The summed E-state index contributed by atoms with van der Waals surface area (Å²) in [7, 11) is 0. The average Bonchev–Trinajstić information content (AvgIpc) is 2.31. The lowest BCUT2D eigenvalue weighted by Crippen LogP contribution is -2.29. The van der Waals surface area contributed by atoms with Gasteiger partial charge in [-0.2, -0.15) is 0 Å². The van der Waals surface area contributed by atoms with E-state index in [1.54, 1.807) is 0 Å². The lowest BCUT2D eigenvalue weighted by molar-refractivity contribution is -0.137. The summed E-state index contributed by atoms with van der Waals surface area (Å²) in [5.74, 6) is -0.803. The number of thioether (sulfide) groups is 1. The summed E-state index contributed by atoms with van der Waals surface area (Å²) < 4.78 is 5.13. The van der Waals surface area contributed by atoms with Crippen molar-refractivity contribution in [3.05, 3.63) is 29.8 Å². The first-order chi connectivity index (χ1) is 8.65. The molecular formula is C13H17NO3S. The van der Waals surface area contributed by atoms with Crippen LogP contribution in [-0.2, 0) is 9.53 Å². The molecule has 1 unspecified atom stereocenters. The van der Waals surface area contributed by atoms with E-state index in [9.17, 15) is 4.79 Å². The zero-order chi connectivity index (χ0) is 13.0. The van der Waals surface area contributed by atoms with E-state index < -0.39 is 5.97 Å². The Hall–Kier alpha value is -1.04. The molecule has 18 heavy (non-hydrogen) atoms. The molecule has 1 fully saturated rings. The van der Waals surface area contributed by atoms with Gasteiger partial charge in [0.2, 0.25) is 0 Å². The van der Waals surface area contributed by atoms with Crippen LogP contribution in [0.2, 0.25) is 0 Å². The van der Waals surface area contributed by atoms with Gasteiger partial charge in [0.15, 0.2) is 0 Å². The summed E-state index contributed by atoms with van der Waals surface area (Å²) in [4.78, 5) is 11.7. The van der Waals surface area contributed by atoms with Gasteiger partial charge in [-0.25, -0.2) is 0 Å². The molecule has 1 saturated heterocycles. The van der Waals surface area contributed by atoms with Crippen molar-refractivity contribution >= 4 is 17.7 Å². The first-order valence-electron chi connectivity index (χ1n) is 5.97. The number of carboxylic acids is 1.